The van der Waals surface area contributed by atoms with Crippen molar-refractivity contribution in [2.24, 2.45) is 0 Å². The number of nitrogens with one attached hydrogen (secondary N) is 1. The van der Waals surface area contributed by atoms with Crippen molar-refractivity contribution in [3.63, 3.8) is 0 Å². The minimum absolute atomic E-state index is 0.0285. The summed E-state index contributed by atoms with van der Waals surface area (Å²) < 4.78 is 2.84. The zero-order valence-corrected chi connectivity index (χ0v) is 22.2. The van der Waals surface area contributed by atoms with Gasteiger partial charge in [0.25, 0.3) is 11.5 Å². The van der Waals surface area contributed by atoms with Crippen molar-refractivity contribution in [2.45, 2.75) is 13.1 Å². The van der Waals surface area contributed by atoms with Crippen molar-refractivity contribution in [3.05, 3.63) is 110 Å². The highest BCUT2D eigenvalue weighted by molar-refractivity contribution is 7.16. The standard InChI is InChI=1S/C27H19ClN8O3S/c28-24-6-5-17(40-24)12-33-25-10-21(34-36(25)27(39)18-3-1-2-4-20(18)30)19-9-16(11-29)14-35(26(19)38)15-23(37)22-13-31-7-8-32-22/h1-10,13-14,33H,12,15,30H2. The van der Waals surface area contributed by atoms with E-state index in [1.165, 1.54) is 48.3 Å². The third kappa shape index (κ3) is 5.51. The molecule has 13 heteroatoms. The largest absolute Gasteiger partial charge is 0.398 e. The highest BCUT2D eigenvalue weighted by atomic mass is 35.5. The molecule has 0 atom stereocenters. The molecule has 0 bridgehead atoms. The van der Waals surface area contributed by atoms with Crippen LogP contribution in [0.1, 0.15) is 31.3 Å². The van der Waals surface area contributed by atoms with Crippen LogP contribution in [0.15, 0.2) is 78.1 Å². The molecule has 4 heterocycles. The first-order chi connectivity index (χ1) is 19.3. The minimum atomic E-state index is -0.579. The number of ketones is 1. The van der Waals surface area contributed by atoms with Crippen molar-refractivity contribution < 1.29 is 9.59 Å². The molecule has 4 aromatic heterocycles. The summed E-state index contributed by atoms with van der Waals surface area (Å²) in [7, 11) is 0. The number of para-hydroxylation sites is 1. The lowest BCUT2D eigenvalue weighted by molar-refractivity contribution is 0.0946. The van der Waals surface area contributed by atoms with Gasteiger partial charge in [0.15, 0.2) is 0 Å². The first kappa shape index (κ1) is 26.5. The van der Waals surface area contributed by atoms with Crippen LogP contribution in [0.2, 0.25) is 4.34 Å². The number of anilines is 2. The Morgan fingerprint density at radius 1 is 1.15 bits per heavy atom. The van der Waals surface area contributed by atoms with E-state index in [-0.39, 0.29) is 46.1 Å². The molecule has 0 saturated heterocycles. The van der Waals surface area contributed by atoms with Gasteiger partial charge in [0, 0.05) is 35.2 Å². The van der Waals surface area contributed by atoms with Crippen LogP contribution in [0.3, 0.4) is 0 Å². The van der Waals surface area contributed by atoms with Crippen LogP contribution in [0.25, 0.3) is 11.3 Å². The van der Waals surface area contributed by atoms with Crippen molar-refractivity contribution in [2.75, 3.05) is 11.1 Å². The predicted molar refractivity (Wildman–Crippen MR) is 150 cm³/mol. The number of benzene rings is 1. The third-order valence-corrected chi connectivity index (χ3v) is 7.05. The van der Waals surface area contributed by atoms with Gasteiger partial charge in [-0.3, -0.25) is 19.4 Å². The molecule has 198 valence electrons. The number of nitrogens with zero attached hydrogens (tertiary/aromatic N) is 6. The van der Waals surface area contributed by atoms with Crippen LogP contribution in [0, 0.1) is 11.3 Å². The number of halogens is 1. The summed E-state index contributed by atoms with van der Waals surface area (Å²) in [6.45, 7) is -0.0420. The fourth-order valence-corrected chi connectivity index (χ4v) is 4.93. The molecule has 5 rings (SSSR count). The Hall–Kier alpha value is -5.12. The highest BCUT2D eigenvalue weighted by Crippen LogP contribution is 2.26. The van der Waals surface area contributed by atoms with E-state index in [2.05, 4.69) is 20.4 Å². The van der Waals surface area contributed by atoms with Crippen LogP contribution >= 0.6 is 22.9 Å². The lowest BCUT2D eigenvalue weighted by Gasteiger charge is -2.09. The SMILES string of the molecule is N#Cc1cc(-c2cc(NCc3ccc(Cl)s3)n(C(=O)c3ccccc3N)n2)c(=O)n(CC(=O)c2cnccn2)c1. The molecule has 0 fully saturated rings. The lowest BCUT2D eigenvalue weighted by Crippen LogP contribution is -2.26. The molecule has 0 aliphatic heterocycles. The first-order valence-corrected chi connectivity index (χ1v) is 12.9. The molecule has 0 saturated carbocycles. The molecular formula is C27H19ClN8O3S. The minimum Gasteiger partial charge on any atom is -0.398 e. The van der Waals surface area contributed by atoms with E-state index in [0.717, 1.165) is 14.1 Å². The molecule has 5 aromatic rings. The van der Waals surface area contributed by atoms with E-state index < -0.39 is 17.2 Å². The first-order valence-electron chi connectivity index (χ1n) is 11.8. The Labute approximate surface area is 236 Å². The maximum absolute atomic E-state index is 13.5. The van der Waals surface area contributed by atoms with Gasteiger partial charge in [0.05, 0.1) is 40.3 Å². The number of nitrogen functional groups attached to an aromatic ring is 1. The second-order valence-corrected chi connectivity index (χ2v) is 10.3. The molecule has 0 spiro atoms. The van der Waals surface area contributed by atoms with Gasteiger partial charge in [0.2, 0.25) is 5.78 Å². The summed E-state index contributed by atoms with van der Waals surface area (Å²) in [4.78, 5) is 48.5. The molecule has 11 nitrogen and oxygen atoms in total. The quantitative estimate of drug-likeness (QED) is 0.208. The maximum atomic E-state index is 13.5. The van der Waals surface area contributed by atoms with E-state index in [1.54, 1.807) is 30.3 Å². The van der Waals surface area contributed by atoms with Crippen LogP contribution in [-0.2, 0) is 13.1 Å². The van der Waals surface area contributed by atoms with Crippen molar-refractivity contribution >= 4 is 46.1 Å². The molecule has 0 radical (unpaired) electrons. The fraction of sp³-hybridized carbons (Fsp3) is 0.0741. The second kappa shape index (κ2) is 11.3. The topological polar surface area (TPSA) is 162 Å². The summed E-state index contributed by atoms with van der Waals surface area (Å²) in [5.74, 6) is -0.698. The zero-order chi connectivity index (χ0) is 28.2. The molecule has 0 aliphatic rings. The Bertz CT molecular complexity index is 1840. The van der Waals surface area contributed by atoms with Gasteiger partial charge in [-0.25, -0.2) is 4.98 Å². The van der Waals surface area contributed by atoms with Gasteiger partial charge in [-0.1, -0.05) is 23.7 Å². The second-order valence-electron chi connectivity index (χ2n) is 8.48. The van der Waals surface area contributed by atoms with Crippen LogP contribution in [0.5, 0.6) is 0 Å². The van der Waals surface area contributed by atoms with Gasteiger partial charge in [-0.2, -0.15) is 15.0 Å². The number of rotatable bonds is 8. The molecule has 40 heavy (non-hydrogen) atoms. The molecule has 0 unspecified atom stereocenters. The number of hydrogen-bond donors (Lipinski definition) is 2. The number of thiophene rings is 1. The van der Waals surface area contributed by atoms with Gasteiger partial charge < -0.3 is 15.6 Å². The Morgan fingerprint density at radius 3 is 2.67 bits per heavy atom. The zero-order valence-electron chi connectivity index (χ0n) is 20.6. The summed E-state index contributed by atoms with van der Waals surface area (Å²) in [5.41, 5.74) is 6.30. The van der Waals surface area contributed by atoms with Gasteiger partial charge in [-0.05, 0) is 30.3 Å². The number of aromatic nitrogens is 5. The molecule has 0 amide bonds. The van der Waals surface area contributed by atoms with Crippen LogP contribution in [0.4, 0.5) is 11.5 Å². The number of nitrogens with two attached hydrogens (primary N) is 1. The van der Waals surface area contributed by atoms with Crippen molar-refractivity contribution in [3.8, 4) is 17.3 Å². The Kier molecular flexibility index (Phi) is 7.50. The Balaban J connectivity index is 1.57. The monoisotopic (exact) mass is 570 g/mol. The molecule has 1 aromatic carbocycles. The number of carbonyl (C=O) groups is 2. The number of hydrogen-bond acceptors (Lipinski definition) is 10. The summed E-state index contributed by atoms with van der Waals surface area (Å²) >= 11 is 7.43. The predicted octanol–water partition coefficient (Wildman–Crippen LogP) is 3.85. The molecule has 3 N–H and O–H groups in total. The van der Waals surface area contributed by atoms with Crippen LogP contribution in [-0.4, -0.2) is 36.0 Å². The summed E-state index contributed by atoms with van der Waals surface area (Å²) in [6.07, 6.45) is 5.38. The van der Waals surface area contributed by atoms with Gasteiger partial charge >= 0.3 is 0 Å². The van der Waals surface area contributed by atoms with E-state index in [4.69, 9.17) is 17.3 Å². The molecular weight excluding hydrogens is 552 g/mol. The van der Waals surface area contributed by atoms with E-state index in [9.17, 15) is 19.6 Å². The number of carbonyl (C=O) groups excluding carboxylic acids is 2. The van der Waals surface area contributed by atoms with Crippen LogP contribution < -0.4 is 16.6 Å². The number of nitriles is 1. The van der Waals surface area contributed by atoms with E-state index in [0.29, 0.717) is 10.9 Å². The number of Topliss-reactive ketones (excluding diaryl/α,β-unsaturated/α-hetero) is 1. The van der Waals surface area contributed by atoms with Gasteiger partial charge in [-0.15, -0.1) is 11.3 Å². The highest BCUT2D eigenvalue weighted by Gasteiger charge is 2.22. The summed E-state index contributed by atoms with van der Waals surface area (Å²) in [6, 6.07) is 15.1. The van der Waals surface area contributed by atoms with Crippen molar-refractivity contribution in [1.82, 2.24) is 24.3 Å². The lowest BCUT2D eigenvalue weighted by atomic mass is 10.1. The molecule has 0 aliphatic carbocycles. The average molecular weight is 571 g/mol. The number of pyridine rings is 1. The smallest absolute Gasteiger partial charge is 0.282 e. The van der Waals surface area contributed by atoms with E-state index >= 15 is 0 Å². The van der Waals surface area contributed by atoms with E-state index in [1.807, 2.05) is 12.1 Å². The fourth-order valence-electron chi connectivity index (χ4n) is 3.90. The normalized spacial score (nSPS) is 10.7. The Morgan fingerprint density at radius 2 is 1.98 bits per heavy atom. The summed E-state index contributed by atoms with van der Waals surface area (Å²) in [5, 5.41) is 17.2. The third-order valence-electron chi connectivity index (χ3n) is 5.82. The average Bonchev–Trinajstić information content (AvgIpc) is 3.59. The van der Waals surface area contributed by atoms with Gasteiger partial charge in [0.1, 0.15) is 23.3 Å². The van der Waals surface area contributed by atoms with Crippen molar-refractivity contribution in [1.29, 1.82) is 5.26 Å². The maximum Gasteiger partial charge on any atom is 0.282 e.